The van der Waals surface area contributed by atoms with Crippen LogP contribution in [-0.2, 0) is 14.3 Å². The van der Waals surface area contributed by atoms with E-state index in [-0.39, 0.29) is 23.6 Å². The lowest BCUT2D eigenvalue weighted by molar-refractivity contribution is -0.137. The molecule has 0 bridgehead atoms. The zero-order chi connectivity index (χ0) is 24.1. The molecule has 2 aromatic rings. The summed E-state index contributed by atoms with van der Waals surface area (Å²) in [4.78, 5) is 30.4. The summed E-state index contributed by atoms with van der Waals surface area (Å²) >= 11 is 0. The van der Waals surface area contributed by atoms with Crippen LogP contribution in [0, 0.1) is 0 Å². The number of ether oxygens (including phenoxy) is 3. The second-order valence-corrected chi connectivity index (χ2v) is 8.51. The lowest BCUT2D eigenvalue weighted by atomic mass is 10.0. The van der Waals surface area contributed by atoms with E-state index in [0.717, 1.165) is 18.8 Å². The topological polar surface area (TPSA) is 80.3 Å². The summed E-state index contributed by atoms with van der Waals surface area (Å²) in [5.74, 6) is 0.795. The van der Waals surface area contributed by atoms with E-state index in [9.17, 15) is 9.59 Å². The summed E-state index contributed by atoms with van der Waals surface area (Å²) in [5, 5.41) is 3.19. The molecule has 1 saturated heterocycles. The van der Waals surface area contributed by atoms with Crippen LogP contribution in [0.15, 0.2) is 54.2 Å². The largest absolute Gasteiger partial charge is 0.497 e. The minimum atomic E-state index is -0.327. The van der Waals surface area contributed by atoms with Gasteiger partial charge in [-0.2, -0.15) is 0 Å². The highest BCUT2D eigenvalue weighted by molar-refractivity contribution is 6.36. The number of rotatable bonds is 9. The van der Waals surface area contributed by atoms with E-state index < -0.39 is 0 Å². The molecule has 0 saturated carbocycles. The van der Waals surface area contributed by atoms with Crippen molar-refractivity contribution in [3.8, 4) is 11.5 Å². The molecule has 1 N–H and O–H groups in total. The first-order chi connectivity index (χ1) is 16.5. The fourth-order valence-corrected chi connectivity index (χ4v) is 4.02. The van der Waals surface area contributed by atoms with E-state index in [4.69, 9.17) is 14.2 Å². The molecule has 0 aromatic heterocycles. The zero-order valence-electron chi connectivity index (χ0n) is 19.9. The number of anilines is 1. The van der Waals surface area contributed by atoms with E-state index in [1.165, 1.54) is 4.90 Å². The Labute approximate surface area is 200 Å². The highest BCUT2D eigenvalue weighted by Gasteiger charge is 2.39. The first-order valence-corrected chi connectivity index (χ1v) is 11.5. The van der Waals surface area contributed by atoms with Gasteiger partial charge in [-0.3, -0.25) is 19.4 Å². The minimum Gasteiger partial charge on any atom is -0.497 e. The molecule has 0 radical (unpaired) electrons. The average Bonchev–Trinajstić information content (AvgIpc) is 3.08. The predicted molar refractivity (Wildman–Crippen MR) is 130 cm³/mol. The van der Waals surface area contributed by atoms with E-state index in [1.54, 1.807) is 31.4 Å². The quantitative estimate of drug-likeness (QED) is 0.570. The molecule has 2 aromatic carbocycles. The van der Waals surface area contributed by atoms with Gasteiger partial charge in [-0.25, -0.2) is 0 Å². The first kappa shape index (κ1) is 23.8. The molecule has 34 heavy (non-hydrogen) atoms. The van der Waals surface area contributed by atoms with Crippen LogP contribution in [0.4, 0.5) is 5.69 Å². The van der Waals surface area contributed by atoms with Crippen LogP contribution >= 0.6 is 0 Å². The SMILES string of the molecule is COc1ccc(C2=C(Nc3ccc(OC(C)C)cc3)C(=O)N(CCN3CCOCC3)C2=O)cc1. The van der Waals surface area contributed by atoms with Gasteiger partial charge in [-0.05, 0) is 55.8 Å². The highest BCUT2D eigenvalue weighted by Crippen LogP contribution is 2.32. The second-order valence-electron chi connectivity index (χ2n) is 8.51. The average molecular weight is 466 g/mol. The van der Waals surface area contributed by atoms with E-state index in [2.05, 4.69) is 10.2 Å². The van der Waals surface area contributed by atoms with Gasteiger partial charge >= 0.3 is 0 Å². The monoisotopic (exact) mass is 465 g/mol. The number of amides is 2. The van der Waals surface area contributed by atoms with Crippen LogP contribution in [0.1, 0.15) is 19.4 Å². The van der Waals surface area contributed by atoms with Crippen LogP contribution in [0.2, 0.25) is 0 Å². The zero-order valence-corrected chi connectivity index (χ0v) is 19.9. The number of hydrogen-bond acceptors (Lipinski definition) is 7. The number of methoxy groups -OCH3 is 1. The van der Waals surface area contributed by atoms with Gasteiger partial charge in [0.2, 0.25) is 0 Å². The molecular formula is C26H31N3O5. The normalized spacial score (nSPS) is 17.0. The van der Waals surface area contributed by atoms with Crippen LogP contribution < -0.4 is 14.8 Å². The minimum absolute atomic E-state index is 0.0669. The van der Waals surface area contributed by atoms with Crippen molar-refractivity contribution in [2.45, 2.75) is 20.0 Å². The maximum atomic E-state index is 13.4. The van der Waals surface area contributed by atoms with Crippen molar-refractivity contribution in [3.05, 3.63) is 59.8 Å². The maximum Gasteiger partial charge on any atom is 0.278 e. The molecule has 0 atom stereocenters. The molecule has 2 heterocycles. The van der Waals surface area contributed by atoms with Crippen molar-refractivity contribution in [2.75, 3.05) is 51.8 Å². The van der Waals surface area contributed by atoms with Crippen molar-refractivity contribution >= 4 is 23.1 Å². The summed E-state index contributed by atoms with van der Waals surface area (Å²) in [6, 6.07) is 14.5. The number of benzene rings is 2. The van der Waals surface area contributed by atoms with Crippen LogP contribution in [0.5, 0.6) is 11.5 Å². The van der Waals surface area contributed by atoms with E-state index >= 15 is 0 Å². The number of morpholine rings is 1. The van der Waals surface area contributed by atoms with E-state index in [1.807, 2.05) is 38.1 Å². The molecule has 1 fully saturated rings. The Kier molecular flexibility index (Phi) is 7.49. The molecule has 8 heteroatoms. The Bertz CT molecular complexity index is 1040. The van der Waals surface area contributed by atoms with Crippen molar-refractivity contribution in [1.29, 1.82) is 0 Å². The number of carbonyl (C=O) groups is 2. The van der Waals surface area contributed by atoms with Gasteiger partial charge in [0.25, 0.3) is 11.8 Å². The number of nitrogens with zero attached hydrogens (tertiary/aromatic N) is 2. The summed E-state index contributed by atoms with van der Waals surface area (Å²) in [6.45, 7) is 7.80. The smallest absolute Gasteiger partial charge is 0.278 e. The van der Waals surface area contributed by atoms with Gasteiger partial charge in [-0.15, -0.1) is 0 Å². The molecule has 0 aliphatic carbocycles. The molecule has 2 aliphatic rings. The van der Waals surface area contributed by atoms with E-state index in [0.29, 0.717) is 48.9 Å². The van der Waals surface area contributed by atoms with Crippen LogP contribution in [-0.4, -0.2) is 74.2 Å². The number of hydrogen-bond donors (Lipinski definition) is 1. The number of nitrogens with one attached hydrogen (secondary N) is 1. The fourth-order valence-electron chi connectivity index (χ4n) is 4.02. The fraction of sp³-hybridized carbons (Fsp3) is 0.385. The lowest BCUT2D eigenvalue weighted by Crippen LogP contribution is -2.43. The van der Waals surface area contributed by atoms with Crippen molar-refractivity contribution in [3.63, 3.8) is 0 Å². The first-order valence-electron chi connectivity index (χ1n) is 11.5. The Morgan fingerprint density at radius 1 is 0.912 bits per heavy atom. The molecule has 8 nitrogen and oxygen atoms in total. The Morgan fingerprint density at radius 3 is 2.18 bits per heavy atom. The Hall–Kier alpha value is -3.36. The summed E-state index contributed by atoms with van der Waals surface area (Å²) in [6.07, 6.45) is 0.0669. The Balaban J connectivity index is 1.59. The third kappa shape index (κ3) is 5.40. The van der Waals surface area contributed by atoms with Crippen LogP contribution in [0.3, 0.4) is 0 Å². The molecule has 2 amide bonds. The number of imide groups is 1. The van der Waals surface area contributed by atoms with Crippen molar-refractivity contribution in [1.82, 2.24) is 9.80 Å². The van der Waals surface area contributed by atoms with Gasteiger partial charge in [0.1, 0.15) is 17.2 Å². The van der Waals surface area contributed by atoms with Crippen LogP contribution in [0.25, 0.3) is 5.57 Å². The number of carbonyl (C=O) groups excluding carboxylic acids is 2. The summed E-state index contributed by atoms with van der Waals surface area (Å²) in [7, 11) is 1.59. The van der Waals surface area contributed by atoms with Gasteiger partial charge in [0.15, 0.2) is 0 Å². The predicted octanol–water partition coefficient (Wildman–Crippen LogP) is 3.01. The summed E-state index contributed by atoms with van der Waals surface area (Å²) in [5.41, 5.74) is 2.00. The van der Waals surface area contributed by atoms with Gasteiger partial charge in [-0.1, -0.05) is 12.1 Å². The molecular weight excluding hydrogens is 434 g/mol. The molecule has 180 valence electrons. The van der Waals surface area contributed by atoms with Gasteiger partial charge < -0.3 is 19.5 Å². The molecule has 4 rings (SSSR count). The van der Waals surface area contributed by atoms with Gasteiger partial charge in [0.05, 0.1) is 32.0 Å². The standard InChI is InChI=1S/C26H31N3O5/c1-18(2)34-22-10-6-20(7-11-22)27-24-23(19-4-8-21(32-3)9-5-19)25(30)29(26(24)31)13-12-28-14-16-33-17-15-28/h4-11,18,27H,12-17H2,1-3H3. The van der Waals surface area contributed by atoms with Crippen molar-refractivity contribution < 1.29 is 23.8 Å². The Morgan fingerprint density at radius 2 is 1.56 bits per heavy atom. The molecule has 0 spiro atoms. The second kappa shape index (κ2) is 10.7. The summed E-state index contributed by atoms with van der Waals surface area (Å²) < 4.78 is 16.3. The lowest BCUT2D eigenvalue weighted by Gasteiger charge is -2.28. The third-order valence-corrected chi connectivity index (χ3v) is 5.79. The van der Waals surface area contributed by atoms with Crippen molar-refractivity contribution in [2.24, 2.45) is 0 Å². The maximum absolute atomic E-state index is 13.4. The molecule has 2 aliphatic heterocycles. The highest BCUT2D eigenvalue weighted by atomic mass is 16.5. The van der Waals surface area contributed by atoms with Gasteiger partial charge in [0, 0.05) is 31.9 Å². The molecule has 0 unspecified atom stereocenters. The third-order valence-electron chi connectivity index (χ3n) is 5.79.